The summed E-state index contributed by atoms with van der Waals surface area (Å²) in [5.41, 5.74) is 0.277. The molecule has 0 spiro atoms. The van der Waals surface area contributed by atoms with E-state index in [0.717, 1.165) is 29.5 Å². The van der Waals surface area contributed by atoms with Crippen molar-refractivity contribution in [1.82, 2.24) is 5.32 Å². The van der Waals surface area contributed by atoms with Gasteiger partial charge in [-0.15, -0.1) is 5.10 Å². The maximum Gasteiger partial charge on any atom is 0.417 e. The predicted octanol–water partition coefficient (Wildman–Crippen LogP) is 4.71. The van der Waals surface area contributed by atoms with Gasteiger partial charge in [0, 0.05) is 12.1 Å². The van der Waals surface area contributed by atoms with E-state index in [1.165, 1.54) is 6.07 Å². The number of ether oxygens (including phenoxy) is 1. The van der Waals surface area contributed by atoms with E-state index in [0.29, 0.717) is 11.5 Å². The van der Waals surface area contributed by atoms with Crippen molar-refractivity contribution in [1.29, 1.82) is 0 Å². The van der Waals surface area contributed by atoms with Crippen molar-refractivity contribution in [3.8, 4) is 5.75 Å². The molecule has 0 radical (unpaired) electrons. The lowest BCUT2D eigenvalue weighted by atomic mass is 10.1. The third-order valence-corrected chi connectivity index (χ3v) is 5.90. The second kappa shape index (κ2) is 10.3. The lowest BCUT2D eigenvalue weighted by Gasteiger charge is -2.12. The van der Waals surface area contributed by atoms with E-state index < -0.39 is 33.8 Å². The summed E-state index contributed by atoms with van der Waals surface area (Å²) in [5.74, 6) is -0.374. The monoisotopic (exact) mass is 498 g/mol. The molecule has 2 amide bonds. The molecule has 33 heavy (non-hydrogen) atoms. The number of anilines is 1. The van der Waals surface area contributed by atoms with Crippen molar-refractivity contribution in [2.75, 3.05) is 12.4 Å². The van der Waals surface area contributed by atoms with Crippen LogP contribution in [-0.2, 0) is 15.8 Å². The van der Waals surface area contributed by atoms with Crippen LogP contribution in [0, 0.1) is 0 Å². The minimum atomic E-state index is -4.66. The summed E-state index contributed by atoms with van der Waals surface area (Å²) in [4.78, 5) is 24.4. The zero-order valence-electron chi connectivity index (χ0n) is 17.4. The van der Waals surface area contributed by atoms with E-state index in [-0.39, 0.29) is 17.3 Å². The summed E-state index contributed by atoms with van der Waals surface area (Å²) in [6, 6.07) is 10.2. The Morgan fingerprint density at radius 2 is 1.94 bits per heavy atom. The zero-order chi connectivity index (χ0) is 24.2. The minimum absolute atomic E-state index is 0.0752. The normalized spacial score (nSPS) is 17.8. The van der Waals surface area contributed by atoms with Crippen LogP contribution in [0.3, 0.4) is 0 Å². The summed E-state index contributed by atoms with van der Waals surface area (Å²) in [6.45, 7) is 1.75. The Balaban J connectivity index is 1.61. The Morgan fingerprint density at radius 1 is 1.24 bits per heavy atom. The van der Waals surface area contributed by atoms with Gasteiger partial charge in [-0.25, -0.2) is 0 Å². The molecular weight excluding hydrogens is 481 g/mol. The number of amidine groups is 1. The highest BCUT2D eigenvalue weighted by molar-refractivity contribution is 8.15. The number of methoxy groups -OCH3 is 1. The van der Waals surface area contributed by atoms with Crippen LogP contribution in [0.1, 0.15) is 24.5 Å². The van der Waals surface area contributed by atoms with Crippen LogP contribution < -0.4 is 15.4 Å². The SMILES string of the molecule is COc1ccc(/C(C)=N\N=C2\NC(=O)[C@@H](CC(=O)Nc3ccc(Cl)c(C(F)(F)F)c3)S2)cc1. The van der Waals surface area contributed by atoms with Crippen LogP contribution in [0.5, 0.6) is 5.75 Å². The predicted molar refractivity (Wildman–Crippen MR) is 122 cm³/mol. The molecule has 12 heteroatoms. The fourth-order valence-electron chi connectivity index (χ4n) is 2.80. The Hall–Kier alpha value is -3.05. The molecule has 1 heterocycles. The summed E-state index contributed by atoms with van der Waals surface area (Å²) in [5, 5.41) is 12.0. The first-order valence-electron chi connectivity index (χ1n) is 9.47. The number of nitrogens with one attached hydrogen (secondary N) is 2. The second-order valence-electron chi connectivity index (χ2n) is 6.86. The minimum Gasteiger partial charge on any atom is -0.497 e. The van der Waals surface area contributed by atoms with Crippen LogP contribution >= 0.6 is 23.4 Å². The summed E-state index contributed by atoms with van der Waals surface area (Å²) < 4.78 is 44.0. The molecule has 0 saturated carbocycles. The molecule has 174 valence electrons. The number of hydrogen-bond acceptors (Lipinski definition) is 6. The topological polar surface area (TPSA) is 92.2 Å². The molecule has 2 N–H and O–H groups in total. The van der Waals surface area contributed by atoms with Crippen LogP contribution in [-0.4, -0.2) is 35.1 Å². The molecular formula is C21H18ClF3N4O3S. The van der Waals surface area contributed by atoms with Crippen molar-refractivity contribution in [2.24, 2.45) is 10.2 Å². The Bertz CT molecular complexity index is 1120. The maximum atomic E-state index is 13.0. The summed E-state index contributed by atoms with van der Waals surface area (Å²) in [6.07, 6.45) is -4.92. The standard InChI is InChI=1S/C21H18ClF3N4O3S/c1-11(12-3-6-14(32-2)7-4-12)28-29-20-27-19(31)17(33-20)10-18(30)26-13-5-8-16(22)15(9-13)21(23,24)25/h3-9,17H,10H2,1-2H3,(H,26,30)(H,27,29,31)/b28-11-/t17-/m1/s1. The van der Waals surface area contributed by atoms with Crippen molar-refractivity contribution in [3.63, 3.8) is 0 Å². The quantitative estimate of drug-likeness (QED) is 0.446. The number of carbonyl (C=O) groups excluding carboxylic acids is 2. The number of thioether (sulfide) groups is 1. The zero-order valence-corrected chi connectivity index (χ0v) is 18.9. The number of benzene rings is 2. The van der Waals surface area contributed by atoms with Gasteiger partial charge in [0.2, 0.25) is 11.8 Å². The largest absolute Gasteiger partial charge is 0.497 e. The molecule has 1 aliphatic heterocycles. The number of carbonyl (C=O) groups is 2. The van der Waals surface area contributed by atoms with E-state index in [1.807, 2.05) is 12.1 Å². The van der Waals surface area contributed by atoms with Crippen molar-refractivity contribution in [3.05, 3.63) is 58.6 Å². The van der Waals surface area contributed by atoms with Gasteiger partial charge < -0.3 is 15.4 Å². The van der Waals surface area contributed by atoms with E-state index in [9.17, 15) is 22.8 Å². The third-order valence-electron chi connectivity index (χ3n) is 4.50. The number of rotatable bonds is 6. The lowest BCUT2D eigenvalue weighted by Crippen LogP contribution is -2.28. The van der Waals surface area contributed by atoms with Gasteiger partial charge in [-0.3, -0.25) is 9.59 Å². The molecule has 3 rings (SSSR count). The number of amides is 2. The first-order chi connectivity index (χ1) is 15.6. The number of alkyl halides is 3. The molecule has 7 nitrogen and oxygen atoms in total. The fraction of sp³-hybridized carbons (Fsp3) is 0.238. The molecule has 2 aromatic rings. The third kappa shape index (κ3) is 6.48. The molecule has 0 bridgehead atoms. The Kier molecular flexibility index (Phi) is 7.65. The van der Waals surface area contributed by atoms with Crippen molar-refractivity contribution >= 4 is 51.7 Å². The average molecular weight is 499 g/mol. The molecule has 1 aliphatic rings. The summed E-state index contributed by atoms with van der Waals surface area (Å²) in [7, 11) is 1.56. The van der Waals surface area contributed by atoms with Gasteiger partial charge in [-0.1, -0.05) is 23.4 Å². The summed E-state index contributed by atoms with van der Waals surface area (Å²) >= 11 is 6.59. The van der Waals surface area contributed by atoms with E-state index in [1.54, 1.807) is 26.2 Å². The second-order valence-corrected chi connectivity index (χ2v) is 8.46. The molecule has 0 unspecified atom stereocenters. The Labute approximate surface area is 196 Å². The molecule has 1 atom stereocenters. The van der Waals surface area contributed by atoms with Crippen LogP contribution in [0.2, 0.25) is 5.02 Å². The number of nitrogens with zero attached hydrogens (tertiary/aromatic N) is 2. The molecule has 0 aromatic heterocycles. The maximum absolute atomic E-state index is 13.0. The number of hydrogen-bond donors (Lipinski definition) is 2. The highest BCUT2D eigenvalue weighted by Crippen LogP contribution is 2.36. The molecule has 1 saturated heterocycles. The van der Waals surface area contributed by atoms with E-state index in [4.69, 9.17) is 16.3 Å². The molecule has 0 aliphatic carbocycles. The average Bonchev–Trinajstić information content (AvgIpc) is 3.11. The lowest BCUT2D eigenvalue weighted by molar-refractivity contribution is -0.137. The van der Waals surface area contributed by atoms with E-state index in [2.05, 4.69) is 20.8 Å². The number of halogens is 4. The van der Waals surface area contributed by atoms with Crippen molar-refractivity contribution in [2.45, 2.75) is 24.8 Å². The van der Waals surface area contributed by atoms with Gasteiger partial charge in [-0.2, -0.15) is 18.3 Å². The van der Waals surface area contributed by atoms with Gasteiger partial charge in [0.15, 0.2) is 5.17 Å². The van der Waals surface area contributed by atoms with Crippen LogP contribution in [0.25, 0.3) is 0 Å². The Morgan fingerprint density at radius 3 is 2.58 bits per heavy atom. The van der Waals surface area contributed by atoms with Crippen LogP contribution in [0.4, 0.5) is 18.9 Å². The van der Waals surface area contributed by atoms with Gasteiger partial charge in [0.1, 0.15) is 11.0 Å². The van der Waals surface area contributed by atoms with Gasteiger partial charge in [0.05, 0.1) is 23.4 Å². The highest BCUT2D eigenvalue weighted by Gasteiger charge is 2.34. The van der Waals surface area contributed by atoms with E-state index >= 15 is 0 Å². The fourth-order valence-corrected chi connectivity index (χ4v) is 3.94. The van der Waals surface area contributed by atoms with Gasteiger partial charge in [-0.05, 0) is 55.0 Å². The van der Waals surface area contributed by atoms with Crippen LogP contribution in [0.15, 0.2) is 52.7 Å². The first-order valence-corrected chi connectivity index (χ1v) is 10.7. The van der Waals surface area contributed by atoms with Crippen molar-refractivity contribution < 1.29 is 27.5 Å². The smallest absolute Gasteiger partial charge is 0.417 e. The van der Waals surface area contributed by atoms with Gasteiger partial charge >= 0.3 is 6.18 Å². The highest BCUT2D eigenvalue weighted by atomic mass is 35.5. The molecule has 2 aromatic carbocycles. The van der Waals surface area contributed by atoms with Gasteiger partial charge in [0.25, 0.3) is 0 Å². The first kappa shape index (κ1) is 24.6. The molecule has 1 fully saturated rings.